The van der Waals surface area contributed by atoms with E-state index in [0.29, 0.717) is 0 Å². The van der Waals surface area contributed by atoms with Crippen molar-refractivity contribution in [1.29, 1.82) is 0 Å². The maximum Gasteiger partial charge on any atom is 0.0277 e. The monoisotopic (exact) mass is 191 g/mol. The fourth-order valence-corrected chi connectivity index (χ4v) is 0.983. The summed E-state index contributed by atoms with van der Waals surface area (Å²) >= 11 is 0. The van der Waals surface area contributed by atoms with Crippen LogP contribution in [0.25, 0.3) is 0 Å². The van der Waals surface area contributed by atoms with Crippen molar-refractivity contribution < 1.29 is 0 Å². The Balaban J connectivity index is 3.76. The number of nitrogens with zero attached hydrogens (tertiary/aromatic N) is 1. The quantitative estimate of drug-likeness (QED) is 0.445. The summed E-state index contributed by atoms with van der Waals surface area (Å²) < 4.78 is 0. The first-order valence-corrected chi connectivity index (χ1v) is 5.21. The molecule has 14 heavy (non-hydrogen) atoms. The molecular weight excluding hydrogens is 170 g/mol. The molecule has 0 amide bonds. The maximum atomic E-state index is 3.87. The molecule has 0 aromatic carbocycles. The van der Waals surface area contributed by atoms with E-state index in [4.69, 9.17) is 0 Å². The minimum Gasteiger partial charge on any atom is -0.297 e. The van der Waals surface area contributed by atoms with Crippen LogP contribution in [0, 0.1) is 0 Å². The van der Waals surface area contributed by atoms with Gasteiger partial charge in [-0.15, -0.1) is 0 Å². The van der Waals surface area contributed by atoms with Crippen LogP contribution in [0.3, 0.4) is 0 Å². The molecule has 0 rings (SSSR count). The molecule has 0 saturated carbocycles. The summed E-state index contributed by atoms with van der Waals surface area (Å²) in [7, 11) is 1.78. The van der Waals surface area contributed by atoms with E-state index in [1.165, 1.54) is 18.4 Å². The van der Waals surface area contributed by atoms with Gasteiger partial charge in [0.25, 0.3) is 0 Å². The molecule has 0 saturated heterocycles. The normalized spacial score (nSPS) is 13.8. The number of rotatable bonds is 6. The van der Waals surface area contributed by atoms with Crippen molar-refractivity contribution in [2.45, 2.75) is 33.1 Å². The van der Waals surface area contributed by atoms with Gasteiger partial charge in [0.05, 0.1) is 0 Å². The average molecular weight is 191 g/mol. The first kappa shape index (κ1) is 12.9. The fourth-order valence-electron chi connectivity index (χ4n) is 0.983. The zero-order valence-corrected chi connectivity index (χ0v) is 9.53. The van der Waals surface area contributed by atoms with Crippen LogP contribution in [-0.4, -0.2) is 13.3 Å². The van der Waals surface area contributed by atoms with E-state index in [1.54, 1.807) is 13.3 Å². The Kier molecular flexibility index (Phi) is 9.18. The zero-order chi connectivity index (χ0) is 10.6. The van der Waals surface area contributed by atoms with Crippen LogP contribution in [-0.2, 0) is 0 Å². The van der Waals surface area contributed by atoms with Crippen molar-refractivity contribution in [3.63, 3.8) is 0 Å². The minimum absolute atomic E-state index is 0.980. The second kappa shape index (κ2) is 9.97. The maximum absolute atomic E-state index is 3.87. The second-order valence-corrected chi connectivity index (χ2v) is 3.21. The fraction of sp³-hybridized carbons (Fsp3) is 0.462. The second-order valence-electron chi connectivity index (χ2n) is 3.21. The highest BCUT2D eigenvalue weighted by molar-refractivity contribution is 5.70. The molecular formula is C13H21N. The van der Waals surface area contributed by atoms with Gasteiger partial charge in [-0.3, -0.25) is 4.99 Å². The van der Waals surface area contributed by atoms with Gasteiger partial charge in [-0.05, 0) is 25.8 Å². The van der Waals surface area contributed by atoms with Crippen molar-refractivity contribution in [1.82, 2.24) is 0 Å². The van der Waals surface area contributed by atoms with Crippen LogP contribution < -0.4 is 0 Å². The molecule has 0 heterocycles. The highest BCUT2D eigenvalue weighted by atomic mass is 14.6. The van der Waals surface area contributed by atoms with E-state index in [2.05, 4.69) is 43.1 Å². The van der Waals surface area contributed by atoms with E-state index in [1.807, 2.05) is 6.08 Å². The molecule has 0 aliphatic rings. The molecule has 78 valence electrons. The van der Waals surface area contributed by atoms with E-state index >= 15 is 0 Å². The Morgan fingerprint density at radius 2 is 2.07 bits per heavy atom. The molecule has 1 nitrogen and oxygen atoms in total. The molecule has 0 N–H and O–H groups in total. The Morgan fingerprint density at radius 1 is 1.29 bits per heavy atom. The van der Waals surface area contributed by atoms with Gasteiger partial charge in [-0.2, -0.15) is 0 Å². The first-order valence-electron chi connectivity index (χ1n) is 5.21. The summed E-state index contributed by atoms with van der Waals surface area (Å²) in [6.07, 6.45) is 15.9. The molecule has 0 atom stereocenters. The van der Waals surface area contributed by atoms with Gasteiger partial charge < -0.3 is 0 Å². The third-order valence-corrected chi connectivity index (χ3v) is 1.78. The lowest BCUT2D eigenvalue weighted by Crippen LogP contribution is -1.70. The van der Waals surface area contributed by atoms with Gasteiger partial charge >= 0.3 is 0 Å². The molecule has 0 radical (unpaired) electrons. The highest BCUT2D eigenvalue weighted by Gasteiger charge is 1.79. The lowest BCUT2D eigenvalue weighted by atomic mass is 10.2. The van der Waals surface area contributed by atoms with Crippen LogP contribution in [0.5, 0.6) is 0 Å². The van der Waals surface area contributed by atoms with E-state index < -0.39 is 0 Å². The Bertz CT molecular complexity index is 232. The largest absolute Gasteiger partial charge is 0.297 e. The number of aliphatic imine (C=N–C) groups is 1. The summed E-state index contributed by atoms with van der Waals surface area (Å²) in [6.45, 7) is 4.32. The van der Waals surface area contributed by atoms with E-state index in [9.17, 15) is 0 Å². The standard InChI is InChI=1S/C13H21N/c1-4-5-7-10-13(2)11-8-6-9-12-14-3/h6-7,9-12H,4-5,8H2,1-3H3/b9-6+,10-7+,13-11-,14-12?. The molecule has 0 fully saturated rings. The van der Waals surface area contributed by atoms with Crippen molar-refractivity contribution in [2.24, 2.45) is 4.99 Å². The van der Waals surface area contributed by atoms with E-state index in [-0.39, 0.29) is 0 Å². The minimum atomic E-state index is 0.980. The highest BCUT2D eigenvalue weighted by Crippen LogP contribution is 2.00. The summed E-state index contributed by atoms with van der Waals surface area (Å²) in [5.41, 5.74) is 1.33. The molecule has 0 unspecified atom stereocenters. The summed E-state index contributed by atoms with van der Waals surface area (Å²) in [5, 5.41) is 0. The van der Waals surface area contributed by atoms with Gasteiger partial charge in [0, 0.05) is 13.3 Å². The van der Waals surface area contributed by atoms with Gasteiger partial charge in [0.1, 0.15) is 0 Å². The van der Waals surface area contributed by atoms with Crippen molar-refractivity contribution in [3.8, 4) is 0 Å². The van der Waals surface area contributed by atoms with Crippen LogP contribution in [0.4, 0.5) is 0 Å². The number of unbranched alkanes of at least 4 members (excludes halogenated alkanes) is 1. The predicted octanol–water partition coefficient (Wildman–Crippen LogP) is 3.94. The zero-order valence-electron chi connectivity index (χ0n) is 9.53. The number of hydrogen-bond acceptors (Lipinski definition) is 1. The summed E-state index contributed by atoms with van der Waals surface area (Å²) in [4.78, 5) is 3.87. The molecule has 0 aromatic rings. The van der Waals surface area contributed by atoms with Crippen molar-refractivity contribution in [3.05, 3.63) is 36.0 Å². The lowest BCUT2D eigenvalue weighted by molar-refractivity contribution is 0.957. The molecule has 0 aliphatic heterocycles. The first-order chi connectivity index (χ1) is 6.81. The van der Waals surface area contributed by atoms with Gasteiger partial charge in [0.15, 0.2) is 0 Å². The van der Waals surface area contributed by atoms with Gasteiger partial charge in [0.2, 0.25) is 0 Å². The molecule has 1 heteroatoms. The topological polar surface area (TPSA) is 12.4 Å². The third kappa shape index (κ3) is 8.98. The summed E-state index contributed by atoms with van der Waals surface area (Å²) in [6, 6.07) is 0. The van der Waals surface area contributed by atoms with Crippen molar-refractivity contribution in [2.75, 3.05) is 7.05 Å². The number of hydrogen-bond donors (Lipinski definition) is 0. The van der Waals surface area contributed by atoms with Crippen LogP contribution >= 0.6 is 0 Å². The van der Waals surface area contributed by atoms with Crippen LogP contribution in [0.2, 0.25) is 0 Å². The molecule has 0 aliphatic carbocycles. The van der Waals surface area contributed by atoms with Gasteiger partial charge in [-0.25, -0.2) is 0 Å². The van der Waals surface area contributed by atoms with Gasteiger partial charge in [-0.1, -0.05) is 43.2 Å². The average Bonchev–Trinajstić information content (AvgIpc) is 2.18. The Morgan fingerprint density at radius 3 is 2.71 bits per heavy atom. The number of allylic oxidation sites excluding steroid dienone is 6. The Labute approximate surface area is 87.9 Å². The summed E-state index contributed by atoms with van der Waals surface area (Å²) in [5.74, 6) is 0. The third-order valence-electron chi connectivity index (χ3n) is 1.78. The predicted molar refractivity (Wildman–Crippen MR) is 66.0 cm³/mol. The SMILES string of the molecule is CCC/C=C/C(C)=C\C/C=C/C=NC. The Hall–Kier alpha value is -1.11. The van der Waals surface area contributed by atoms with E-state index in [0.717, 1.165) is 6.42 Å². The molecule has 0 spiro atoms. The lowest BCUT2D eigenvalue weighted by Gasteiger charge is -1.90. The van der Waals surface area contributed by atoms with Crippen LogP contribution in [0.15, 0.2) is 40.9 Å². The van der Waals surface area contributed by atoms with Crippen molar-refractivity contribution >= 4 is 6.21 Å². The molecule has 0 bridgehead atoms. The molecule has 0 aromatic heterocycles. The van der Waals surface area contributed by atoms with Crippen LogP contribution in [0.1, 0.15) is 33.1 Å². The smallest absolute Gasteiger partial charge is 0.0277 e.